The van der Waals surface area contributed by atoms with Crippen LogP contribution in [0.5, 0.6) is 0 Å². The summed E-state index contributed by atoms with van der Waals surface area (Å²) in [5, 5.41) is 4.10. The molecule has 0 unspecified atom stereocenters. The van der Waals surface area contributed by atoms with E-state index in [0.29, 0.717) is 5.41 Å². The average molecular weight is 183 g/mol. The van der Waals surface area contributed by atoms with Crippen LogP contribution in [-0.4, -0.2) is 20.5 Å². The maximum absolute atomic E-state index is 4.38. The van der Waals surface area contributed by atoms with E-state index in [2.05, 4.69) is 22.7 Å². The molecule has 1 heterocycles. The van der Waals surface area contributed by atoms with Crippen molar-refractivity contribution < 1.29 is 0 Å². The Hall–Kier alpha value is -0.510. The van der Waals surface area contributed by atoms with Gasteiger partial charge in [0.25, 0.3) is 0 Å². The zero-order valence-corrected chi connectivity index (χ0v) is 7.87. The molecule has 4 heteroatoms. The van der Waals surface area contributed by atoms with Crippen molar-refractivity contribution in [2.24, 2.45) is 5.41 Å². The van der Waals surface area contributed by atoms with Gasteiger partial charge in [-0.1, -0.05) is 6.42 Å². The van der Waals surface area contributed by atoms with Crippen LogP contribution in [0.4, 0.5) is 0 Å². The smallest absolute Gasteiger partial charge is 0.137 e. The summed E-state index contributed by atoms with van der Waals surface area (Å²) < 4.78 is 1.91. The molecule has 0 atom stereocenters. The van der Waals surface area contributed by atoms with E-state index in [1.54, 1.807) is 12.7 Å². The van der Waals surface area contributed by atoms with E-state index >= 15 is 0 Å². The van der Waals surface area contributed by atoms with Crippen LogP contribution < -0.4 is 0 Å². The van der Waals surface area contributed by atoms with E-state index in [9.17, 15) is 0 Å². The molecule has 12 heavy (non-hydrogen) atoms. The molecular formula is C8H13N3S. The van der Waals surface area contributed by atoms with E-state index in [1.165, 1.54) is 19.3 Å². The fourth-order valence-electron chi connectivity index (χ4n) is 1.70. The third-order valence-corrected chi connectivity index (χ3v) is 3.38. The molecule has 0 spiro atoms. The van der Waals surface area contributed by atoms with Crippen LogP contribution in [0.25, 0.3) is 0 Å². The predicted molar refractivity (Wildman–Crippen MR) is 50.2 cm³/mol. The van der Waals surface area contributed by atoms with Gasteiger partial charge < -0.3 is 0 Å². The van der Waals surface area contributed by atoms with Crippen molar-refractivity contribution in [3.63, 3.8) is 0 Å². The van der Waals surface area contributed by atoms with Crippen molar-refractivity contribution in [2.45, 2.75) is 25.8 Å². The van der Waals surface area contributed by atoms with Gasteiger partial charge in [-0.05, 0) is 24.0 Å². The second kappa shape index (κ2) is 3.09. The zero-order chi connectivity index (χ0) is 8.44. The van der Waals surface area contributed by atoms with Crippen LogP contribution in [0.2, 0.25) is 0 Å². The van der Waals surface area contributed by atoms with Gasteiger partial charge in [-0.15, -0.1) is 0 Å². The van der Waals surface area contributed by atoms with E-state index in [0.717, 1.165) is 12.3 Å². The maximum atomic E-state index is 4.38. The first-order valence-corrected chi connectivity index (χ1v) is 4.91. The third kappa shape index (κ3) is 1.35. The van der Waals surface area contributed by atoms with Gasteiger partial charge in [-0.3, -0.25) is 4.68 Å². The summed E-state index contributed by atoms with van der Waals surface area (Å²) in [7, 11) is 0. The summed E-state index contributed by atoms with van der Waals surface area (Å²) in [5.74, 6) is 0.965. The molecule has 1 aromatic heterocycles. The lowest BCUT2D eigenvalue weighted by molar-refractivity contribution is 0.132. The van der Waals surface area contributed by atoms with Gasteiger partial charge in [-0.25, -0.2) is 4.98 Å². The molecule has 1 aliphatic rings. The van der Waals surface area contributed by atoms with Gasteiger partial charge in [0.1, 0.15) is 12.7 Å². The molecule has 0 bridgehead atoms. The summed E-state index contributed by atoms with van der Waals surface area (Å²) in [4.78, 5) is 3.93. The van der Waals surface area contributed by atoms with Crippen LogP contribution in [0.3, 0.4) is 0 Å². The second-order valence-corrected chi connectivity index (χ2v) is 3.92. The summed E-state index contributed by atoms with van der Waals surface area (Å²) in [5.41, 5.74) is 0.414. The number of nitrogens with zero attached hydrogens (tertiary/aromatic N) is 3. The highest BCUT2D eigenvalue weighted by Crippen LogP contribution is 2.42. The lowest BCUT2D eigenvalue weighted by Crippen LogP contribution is -2.36. The van der Waals surface area contributed by atoms with E-state index < -0.39 is 0 Å². The molecular weight excluding hydrogens is 170 g/mol. The molecule has 1 saturated carbocycles. The van der Waals surface area contributed by atoms with Crippen LogP contribution in [0.15, 0.2) is 12.7 Å². The highest BCUT2D eigenvalue weighted by atomic mass is 32.1. The molecule has 66 valence electrons. The topological polar surface area (TPSA) is 30.7 Å². The third-order valence-electron chi connectivity index (χ3n) is 2.71. The highest BCUT2D eigenvalue weighted by molar-refractivity contribution is 7.80. The average Bonchev–Trinajstić information content (AvgIpc) is 2.49. The molecule has 0 N–H and O–H groups in total. The molecule has 1 aromatic rings. The number of aromatic nitrogens is 3. The molecule has 0 aromatic carbocycles. The van der Waals surface area contributed by atoms with Crippen LogP contribution in [0, 0.1) is 5.41 Å². The zero-order valence-electron chi connectivity index (χ0n) is 6.98. The van der Waals surface area contributed by atoms with Crippen molar-refractivity contribution in [3.8, 4) is 0 Å². The minimum atomic E-state index is 0.414. The fraction of sp³-hybridized carbons (Fsp3) is 0.750. The van der Waals surface area contributed by atoms with E-state index in [4.69, 9.17) is 0 Å². The van der Waals surface area contributed by atoms with Gasteiger partial charge in [0.05, 0.1) is 0 Å². The van der Waals surface area contributed by atoms with Crippen LogP contribution in [0.1, 0.15) is 19.3 Å². The van der Waals surface area contributed by atoms with Gasteiger partial charge >= 0.3 is 0 Å². The first-order chi connectivity index (χ1) is 5.85. The van der Waals surface area contributed by atoms with E-state index in [1.807, 2.05) is 4.68 Å². The Kier molecular flexibility index (Phi) is 2.09. The second-order valence-electron chi connectivity index (χ2n) is 3.60. The Labute approximate surface area is 77.6 Å². The minimum absolute atomic E-state index is 0.414. The van der Waals surface area contributed by atoms with Gasteiger partial charge in [-0.2, -0.15) is 17.7 Å². The Morgan fingerprint density at radius 2 is 2.33 bits per heavy atom. The van der Waals surface area contributed by atoms with Crippen molar-refractivity contribution in [2.75, 3.05) is 5.75 Å². The molecule has 3 nitrogen and oxygen atoms in total. The first-order valence-electron chi connectivity index (χ1n) is 4.28. The van der Waals surface area contributed by atoms with Crippen molar-refractivity contribution in [1.82, 2.24) is 14.8 Å². The summed E-state index contributed by atoms with van der Waals surface area (Å²) in [6.07, 6.45) is 7.29. The van der Waals surface area contributed by atoms with Crippen molar-refractivity contribution >= 4 is 12.6 Å². The van der Waals surface area contributed by atoms with Crippen LogP contribution >= 0.6 is 12.6 Å². The van der Waals surface area contributed by atoms with Crippen molar-refractivity contribution in [3.05, 3.63) is 12.7 Å². The van der Waals surface area contributed by atoms with Crippen LogP contribution in [-0.2, 0) is 6.54 Å². The Morgan fingerprint density at radius 3 is 2.75 bits per heavy atom. The molecule has 0 saturated heterocycles. The van der Waals surface area contributed by atoms with Crippen molar-refractivity contribution in [1.29, 1.82) is 0 Å². The minimum Gasteiger partial charge on any atom is -0.252 e. The SMILES string of the molecule is SCC1(Cn2cncn2)CCC1. The lowest BCUT2D eigenvalue weighted by Gasteiger charge is -2.40. The maximum Gasteiger partial charge on any atom is 0.137 e. The first kappa shape index (κ1) is 8.10. The summed E-state index contributed by atoms with van der Waals surface area (Å²) in [6.45, 7) is 0.983. The molecule has 0 amide bonds. The van der Waals surface area contributed by atoms with Gasteiger partial charge in [0.15, 0.2) is 0 Å². The highest BCUT2D eigenvalue weighted by Gasteiger charge is 2.36. The Morgan fingerprint density at radius 1 is 1.50 bits per heavy atom. The lowest BCUT2D eigenvalue weighted by atomic mass is 9.70. The van der Waals surface area contributed by atoms with Gasteiger partial charge in [0.2, 0.25) is 0 Å². The fourth-order valence-corrected chi connectivity index (χ4v) is 2.12. The summed E-state index contributed by atoms with van der Waals surface area (Å²) in [6, 6.07) is 0. The molecule has 1 aliphatic carbocycles. The number of rotatable bonds is 3. The standard InChI is InChI=1S/C8H13N3S/c12-5-8(2-1-3-8)4-11-7-9-6-10-11/h6-7,12H,1-5H2. The predicted octanol–water partition coefficient (Wildman–Crippen LogP) is 1.38. The molecule has 0 aliphatic heterocycles. The quantitative estimate of drug-likeness (QED) is 0.718. The largest absolute Gasteiger partial charge is 0.252 e. The Balaban J connectivity index is 2.01. The normalized spacial score (nSPS) is 20.4. The Bertz CT molecular complexity index is 235. The van der Waals surface area contributed by atoms with E-state index in [-0.39, 0.29) is 0 Å². The number of hydrogen-bond acceptors (Lipinski definition) is 3. The molecule has 1 fully saturated rings. The molecule has 2 rings (SSSR count). The molecule has 0 radical (unpaired) electrons. The number of thiol groups is 1. The summed E-state index contributed by atoms with van der Waals surface area (Å²) >= 11 is 4.38. The number of hydrogen-bond donors (Lipinski definition) is 1. The monoisotopic (exact) mass is 183 g/mol. The van der Waals surface area contributed by atoms with Gasteiger partial charge in [0, 0.05) is 6.54 Å².